The van der Waals surface area contributed by atoms with Gasteiger partial charge < -0.3 is 24.2 Å². The molecule has 1 N–H and O–H groups in total. The van der Waals surface area contributed by atoms with E-state index in [-0.39, 0.29) is 18.2 Å². The average Bonchev–Trinajstić information content (AvgIpc) is 3.90. The van der Waals surface area contributed by atoms with Gasteiger partial charge in [0.2, 0.25) is 5.88 Å². The molecule has 1 aliphatic carbocycles. The van der Waals surface area contributed by atoms with E-state index in [4.69, 9.17) is 14.2 Å². The van der Waals surface area contributed by atoms with Crippen LogP contribution >= 0.6 is 0 Å². The maximum Gasteiger partial charge on any atom is 0.303 e. The molecule has 3 aromatic rings. The number of nitrogens with zero attached hydrogens (tertiary/aromatic N) is 4. The van der Waals surface area contributed by atoms with Crippen LogP contribution in [0.4, 0.5) is 11.5 Å². The molecule has 2 aromatic heterocycles. The molecule has 0 bridgehead atoms. The highest BCUT2D eigenvalue weighted by Gasteiger charge is 2.34. The lowest BCUT2D eigenvalue weighted by Crippen LogP contribution is -2.45. The van der Waals surface area contributed by atoms with Crippen molar-refractivity contribution in [1.29, 1.82) is 0 Å². The molecule has 10 heteroatoms. The van der Waals surface area contributed by atoms with Gasteiger partial charge in [0, 0.05) is 44.7 Å². The number of carboxylic acids is 1. The molecule has 2 aliphatic rings. The number of aromatic nitrogens is 2. The molecule has 0 radical (unpaired) electrons. The summed E-state index contributed by atoms with van der Waals surface area (Å²) in [6.45, 7) is 8.26. The monoisotopic (exact) mass is 630 g/mol. The molecule has 2 fully saturated rings. The summed E-state index contributed by atoms with van der Waals surface area (Å²) >= 11 is 0. The number of anilines is 2. The van der Waals surface area contributed by atoms with Gasteiger partial charge in [0.25, 0.3) is 5.91 Å². The summed E-state index contributed by atoms with van der Waals surface area (Å²) in [7, 11) is 3.28. The Labute approximate surface area is 271 Å². The molecule has 246 valence electrons. The predicted octanol–water partition coefficient (Wildman–Crippen LogP) is 6.13. The number of carboxylic acid groups (broad SMARTS) is 1. The Morgan fingerprint density at radius 3 is 2.41 bits per heavy atom. The summed E-state index contributed by atoms with van der Waals surface area (Å²) in [6, 6.07) is 13.3. The van der Waals surface area contributed by atoms with Crippen LogP contribution in [-0.2, 0) is 9.53 Å². The van der Waals surface area contributed by atoms with E-state index in [1.807, 2.05) is 63.2 Å². The molecule has 1 atom stereocenters. The van der Waals surface area contributed by atoms with Gasteiger partial charge in [-0.25, -0.2) is 9.97 Å². The highest BCUT2D eigenvalue weighted by Crippen LogP contribution is 2.45. The molecule has 46 heavy (non-hydrogen) atoms. The fourth-order valence-electron chi connectivity index (χ4n) is 6.12. The van der Waals surface area contributed by atoms with Crippen molar-refractivity contribution >= 4 is 23.4 Å². The van der Waals surface area contributed by atoms with Crippen molar-refractivity contribution in [3.8, 4) is 11.6 Å². The number of rotatable bonds is 14. The largest absolute Gasteiger partial charge is 0.497 e. The van der Waals surface area contributed by atoms with Crippen LogP contribution in [0.2, 0.25) is 0 Å². The van der Waals surface area contributed by atoms with Gasteiger partial charge in [0.1, 0.15) is 11.6 Å². The number of hydrogen-bond acceptors (Lipinski definition) is 8. The Bertz CT molecular complexity index is 1520. The average molecular weight is 631 g/mol. The third-order valence-electron chi connectivity index (χ3n) is 9.14. The quantitative estimate of drug-likeness (QED) is 0.225. The Hall–Kier alpha value is -4.18. The normalized spacial score (nSPS) is 16.2. The first-order valence-corrected chi connectivity index (χ1v) is 16.1. The summed E-state index contributed by atoms with van der Waals surface area (Å²) in [5.74, 6) is 1.64. The maximum atomic E-state index is 14.3. The van der Waals surface area contributed by atoms with E-state index < -0.39 is 11.6 Å². The zero-order valence-corrected chi connectivity index (χ0v) is 27.6. The molecule has 1 amide bonds. The van der Waals surface area contributed by atoms with Gasteiger partial charge in [0.05, 0.1) is 43.5 Å². The number of piperidine rings is 1. The Kier molecular flexibility index (Phi) is 10.5. The standard InChI is InChI=1S/C36H46N4O6/c1-24-10-14-37-32(18-24)40(23-36(2,3)45-5)35(43)29-9-8-28(44-4)20-31(29)39-16-12-25(13-17-39)22-46-33-19-27(11-15-38-33)30(21-34(41)42)26-6-7-26/h8-11,14-15,18-20,25-26,30H,6-7,12-13,16-17,21-23H2,1-5H3,(H,41,42). The van der Waals surface area contributed by atoms with Crippen molar-refractivity contribution in [2.75, 3.05) is 50.3 Å². The number of pyridine rings is 2. The minimum atomic E-state index is -0.776. The number of ether oxygens (including phenoxy) is 3. The fourth-order valence-corrected chi connectivity index (χ4v) is 6.12. The molecule has 1 aliphatic heterocycles. The summed E-state index contributed by atoms with van der Waals surface area (Å²) in [6.07, 6.45) is 7.48. The Morgan fingerprint density at radius 2 is 1.76 bits per heavy atom. The number of aryl methyl sites for hydroxylation is 1. The summed E-state index contributed by atoms with van der Waals surface area (Å²) in [5, 5.41) is 9.40. The zero-order chi connectivity index (χ0) is 32.8. The van der Waals surface area contributed by atoms with E-state index >= 15 is 0 Å². The van der Waals surface area contributed by atoms with E-state index in [9.17, 15) is 14.7 Å². The van der Waals surface area contributed by atoms with Crippen molar-refractivity contribution < 1.29 is 28.9 Å². The van der Waals surface area contributed by atoms with Crippen molar-refractivity contribution in [2.24, 2.45) is 11.8 Å². The first kappa shape index (κ1) is 33.2. The second kappa shape index (κ2) is 14.5. The molecule has 5 rings (SSSR count). The van der Waals surface area contributed by atoms with E-state index in [2.05, 4.69) is 14.9 Å². The van der Waals surface area contributed by atoms with Crippen LogP contribution in [0.3, 0.4) is 0 Å². The zero-order valence-electron chi connectivity index (χ0n) is 27.6. The Balaban J connectivity index is 1.28. The predicted molar refractivity (Wildman–Crippen MR) is 177 cm³/mol. The van der Waals surface area contributed by atoms with Crippen molar-refractivity contribution in [2.45, 2.75) is 64.4 Å². The van der Waals surface area contributed by atoms with Crippen LogP contribution in [0.15, 0.2) is 54.9 Å². The lowest BCUT2D eigenvalue weighted by Gasteiger charge is -2.36. The molecule has 3 heterocycles. The van der Waals surface area contributed by atoms with E-state index in [0.717, 1.165) is 55.6 Å². The first-order valence-electron chi connectivity index (χ1n) is 16.1. The van der Waals surface area contributed by atoms with E-state index in [1.54, 1.807) is 31.5 Å². The molecule has 1 saturated heterocycles. The fraction of sp³-hybridized carbons (Fsp3) is 0.500. The number of methoxy groups -OCH3 is 2. The minimum absolute atomic E-state index is 0.00375. The number of benzene rings is 1. The topological polar surface area (TPSA) is 114 Å². The third-order valence-corrected chi connectivity index (χ3v) is 9.14. The number of carbonyl (C=O) groups excluding carboxylic acids is 1. The van der Waals surface area contributed by atoms with Crippen LogP contribution in [0.25, 0.3) is 0 Å². The molecular weight excluding hydrogens is 584 g/mol. The maximum absolute atomic E-state index is 14.3. The smallest absolute Gasteiger partial charge is 0.303 e. The highest BCUT2D eigenvalue weighted by molar-refractivity contribution is 6.09. The Morgan fingerprint density at radius 1 is 1.02 bits per heavy atom. The van der Waals surface area contributed by atoms with Gasteiger partial charge in [-0.15, -0.1) is 0 Å². The van der Waals surface area contributed by atoms with Crippen LogP contribution in [-0.4, -0.2) is 73.0 Å². The number of aliphatic carboxylic acids is 1. The summed E-state index contributed by atoms with van der Waals surface area (Å²) in [4.78, 5) is 38.7. The summed E-state index contributed by atoms with van der Waals surface area (Å²) in [5.41, 5.74) is 2.83. The molecular formula is C36H46N4O6. The lowest BCUT2D eigenvalue weighted by atomic mass is 9.92. The van der Waals surface area contributed by atoms with Gasteiger partial charge in [-0.1, -0.05) is 0 Å². The van der Waals surface area contributed by atoms with Gasteiger partial charge in [-0.2, -0.15) is 0 Å². The van der Waals surface area contributed by atoms with Gasteiger partial charge >= 0.3 is 5.97 Å². The van der Waals surface area contributed by atoms with Crippen molar-refractivity contribution in [1.82, 2.24) is 9.97 Å². The SMILES string of the molecule is COc1ccc(C(=O)N(CC(C)(C)OC)c2cc(C)ccn2)c(N2CCC(COc3cc(C(CC(=O)O)C4CC4)ccn3)CC2)c1. The summed E-state index contributed by atoms with van der Waals surface area (Å²) < 4.78 is 17.4. The molecule has 1 aromatic carbocycles. The molecule has 1 saturated carbocycles. The van der Waals surface area contributed by atoms with Crippen LogP contribution in [0, 0.1) is 18.8 Å². The second-order valence-electron chi connectivity index (χ2n) is 13.1. The van der Waals surface area contributed by atoms with E-state index in [1.165, 1.54) is 0 Å². The van der Waals surface area contributed by atoms with Gasteiger partial charge in [0.15, 0.2) is 0 Å². The van der Waals surface area contributed by atoms with Crippen molar-refractivity contribution in [3.05, 3.63) is 71.5 Å². The second-order valence-corrected chi connectivity index (χ2v) is 13.1. The minimum Gasteiger partial charge on any atom is -0.497 e. The van der Waals surface area contributed by atoms with Crippen LogP contribution < -0.4 is 19.3 Å². The van der Waals surface area contributed by atoms with Crippen LogP contribution in [0.1, 0.15) is 73.4 Å². The molecule has 1 unspecified atom stereocenters. The number of amides is 1. The molecule has 10 nitrogen and oxygen atoms in total. The molecule has 0 spiro atoms. The number of carbonyl (C=O) groups is 2. The third kappa shape index (κ3) is 8.34. The van der Waals surface area contributed by atoms with Gasteiger partial charge in [-0.05, 0) is 106 Å². The van der Waals surface area contributed by atoms with E-state index in [0.29, 0.717) is 48.0 Å². The van der Waals surface area contributed by atoms with Crippen molar-refractivity contribution in [3.63, 3.8) is 0 Å². The number of hydrogen-bond donors (Lipinski definition) is 1. The first-order chi connectivity index (χ1) is 22.1. The van der Waals surface area contributed by atoms with Crippen LogP contribution in [0.5, 0.6) is 11.6 Å². The van der Waals surface area contributed by atoms with Gasteiger partial charge in [-0.3, -0.25) is 14.5 Å². The lowest BCUT2D eigenvalue weighted by molar-refractivity contribution is -0.137. The highest BCUT2D eigenvalue weighted by atomic mass is 16.5.